The minimum absolute atomic E-state index is 0.499. The summed E-state index contributed by atoms with van der Waals surface area (Å²) in [5.74, 6) is 8.29. The van der Waals surface area contributed by atoms with E-state index in [9.17, 15) is 0 Å². The Balaban J connectivity index is 0.951. The summed E-state index contributed by atoms with van der Waals surface area (Å²) in [6.07, 6.45) is 31.7. The highest BCUT2D eigenvalue weighted by Gasteiger charge is 2.50. The Hall–Kier alpha value is -13.0. The summed E-state index contributed by atoms with van der Waals surface area (Å²) < 4.78 is 40.0. The van der Waals surface area contributed by atoms with Crippen molar-refractivity contribution in [2.24, 2.45) is 35.5 Å². The first-order chi connectivity index (χ1) is 71.3. The number of hydrogen-bond acceptors (Lipinski definition) is 8. The largest absolute Gasteiger partial charge is 0.493 e. The second kappa shape index (κ2) is 52.7. The van der Waals surface area contributed by atoms with E-state index in [1.807, 2.05) is 24.5 Å². The molecule has 0 N–H and O–H groups in total. The zero-order chi connectivity index (χ0) is 101. The van der Waals surface area contributed by atoms with Gasteiger partial charge in [0, 0.05) is 23.5 Å². The van der Waals surface area contributed by atoms with Gasteiger partial charge in [-0.2, -0.15) is 0 Å². The number of nitrogens with zero attached hydrogens (tertiary/aromatic N) is 2. The lowest BCUT2D eigenvalue weighted by Crippen LogP contribution is -2.30. The first kappa shape index (κ1) is 105. The fourth-order valence-electron chi connectivity index (χ4n) is 21.3. The molecule has 6 unspecified atom stereocenters. The van der Waals surface area contributed by atoms with E-state index in [0.29, 0.717) is 75.1 Å². The van der Waals surface area contributed by atoms with E-state index in [-0.39, 0.29) is 0 Å². The van der Waals surface area contributed by atoms with Gasteiger partial charge in [-0.25, -0.2) is 0 Å². The van der Waals surface area contributed by atoms with Gasteiger partial charge >= 0.3 is 0 Å². The standard InChI is InChI=1S/C137H156N2O6/c1-13-25-37-97(19-7)91-140-121-62-47-103(48-63-121)112-79-113(104-49-64-122(65-50-104)141-92-98(20-8)38-26-14-2)83-118(82-112)109-59-74-128-127-43-31-32-44-131(127)137(132(128)88-109,133-89-110(60-75-129(133)135-45-33-35-77-138-135)119-84-114(105-51-66-123(67-52-105)142-93-99(21-9)39-27-15-3)80-115(85-119)106-53-68-124(69-54-106)143-94-100(22-10)40-28-16-4)134-90-111(61-76-130(134)136-46-34-36-78-139-136)120-86-116(107-55-70-125(71-56-107)144-95-101(23-11)41-29-17-5)81-117(87-120)108-57-72-126(73-58-108)145-96-102(24-12)42-30-18-6/h31-36,43-90,97-102H,13-30,37-42,91-96H2,1-12H3. The van der Waals surface area contributed by atoms with Crippen molar-refractivity contribution in [3.63, 3.8) is 0 Å². The number of aromatic nitrogens is 2. The normalized spacial score (nSPS) is 13.9. The molecule has 13 aromatic carbocycles. The van der Waals surface area contributed by atoms with Gasteiger partial charge in [0.25, 0.3) is 0 Å². The van der Waals surface area contributed by atoms with Crippen LogP contribution in [0.5, 0.6) is 34.5 Å². The Morgan fingerprint density at radius 2 is 0.386 bits per heavy atom. The third-order valence-corrected chi connectivity index (χ3v) is 30.9. The van der Waals surface area contributed by atoms with E-state index in [2.05, 4.69) is 386 Å². The smallest absolute Gasteiger partial charge is 0.119 e. The van der Waals surface area contributed by atoms with Gasteiger partial charge in [-0.3, -0.25) is 9.97 Å². The lowest BCUT2D eigenvalue weighted by atomic mass is 9.63. The molecule has 0 radical (unpaired) electrons. The maximum atomic E-state index is 6.68. The highest BCUT2D eigenvalue weighted by molar-refractivity contribution is 5.96. The molecule has 0 saturated heterocycles. The lowest BCUT2D eigenvalue weighted by molar-refractivity contribution is 0.233. The van der Waals surface area contributed by atoms with Crippen LogP contribution in [0, 0.1) is 35.5 Å². The average molecular weight is 1930 g/mol. The molecule has 0 spiro atoms. The minimum Gasteiger partial charge on any atom is -0.493 e. The number of fused-ring (bicyclic) bond motifs is 3. The summed E-state index contributed by atoms with van der Waals surface area (Å²) in [6, 6.07) is 119. The molecule has 0 saturated carbocycles. The van der Waals surface area contributed by atoms with E-state index in [1.54, 1.807) is 0 Å². The zero-order valence-electron chi connectivity index (χ0n) is 88.7. The van der Waals surface area contributed by atoms with Gasteiger partial charge in [0.2, 0.25) is 0 Å². The maximum absolute atomic E-state index is 6.68. The summed E-state index contributed by atoms with van der Waals surface area (Å²) in [4.78, 5) is 10.9. The molecule has 15 aromatic rings. The predicted molar refractivity (Wildman–Crippen MR) is 612 cm³/mol. The molecular weight excluding hydrogens is 1770 g/mol. The fraction of sp³-hybridized carbons (Fsp3) is 0.358. The maximum Gasteiger partial charge on any atom is 0.119 e. The van der Waals surface area contributed by atoms with Crippen LogP contribution in [0.1, 0.15) is 259 Å². The quantitative estimate of drug-likeness (QED) is 0.0373. The van der Waals surface area contributed by atoms with Gasteiger partial charge in [0.1, 0.15) is 34.5 Å². The number of benzene rings is 13. The van der Waals surface area contributed by atoms with Crippen LogP contribution in [-0.2, 0) is 5.41 Å². The molecule has 8 nitrogen and oxygen atoms in total. The first-order valence-electron chi connectivity index (χ1n) is 55.5. The predicted octanol–water partition coefficient (Wildman–Crippen LogP) is 38.7. The van der Waals surface area contributed by atoms with Gasteiger partial charge in [0.15, 0.2) is 0 Å². The topological polar surface area (TPSA) is 81.2 Å². The number of hydrogen-bond donors (Lipinski definition) is 0. The fourth-order valence-corrected chi connectivity index (χ4v) is 21.3. The van der Waals surface area contributed by atoms with Gasteiger partial charge < -0.3 is 28.4 Å². The molecule has 0 aliphatic heterocycles. The van der Waals surface area contributed by atoms with Crippen molar-refractivity contribution in [3.05, 3.63) is 350 Å². The SMILES string of the molecule is CCCCC(CC)COc1ccc(-c2cc(-c3ccc(OCC(CC)CCCC)cc3)cc(-c3ccc(-c4ccccn4)c(C4(c5cc(-c6cc(-c7ccc(OCC(CC)CCCC)cc7)cc(-c7ccc(OCC(CC)CCCC)cc7)c6)ccc5-c5ccccn5)c5ccccc5-c5ccc(-c6cc(-c7ccc(OCC(CC)CCCC)cc7)cc(-c7ccc(OCC(CC)CCCC)cc7)c6)cc54)c3)c2)cc1. The van der Waals surface area contributed by atoms with E-state index < -0.39 is 5.41 Å². The van der Waals surface area contributed by atoms with E-state index >= 15 is 0 Å². The van der Waals surface area contributed by atoms with Crippen molar-refractivity contribution in [1.82, 2.24) is 9.97 Å². The number of unbranched alkanes of at least 4 members (excludes halogenated alkanes) is 6. The highest BCUT2D eigenvalue weighted by atomic mass is 16.5. The van der Waals surface area contributed by atoms with E-state index in [4.69, 9.17) is 38.4 Å². The Bertz CT molecular complexity index is 6040. The molecule has 16 rings (SSSR count). The average Bonchev–Trinajstić information content (AvgIpc) is 1.53. The number of ether oxygens (including phenoxy) is 6. The van der Waals surface area contributed by atoms with E-state index in [1.165, 1.54) is 77.0 Å². The van der Waals surface area contributed by atoms with Crippen molar-refractivity contribution in [2.45, 2.75) is 243 Å². The Kier molecular flexibility index (Phi) is 38.1. The molecule has 1 aliphatic carbocycles. The zero-order valence-corrected chi connectivity index (χ0v) is 88.7. The Morgan fingerprint density at radius 3 is 0.607 bits per heavy atom. The summed E-state index contributed by atoms with van der Waals surface area (Å²) in [6.45, 7) is 31.6. The third-order valence-electron chi connectivity index (χ3n) is 30.9. The second-order valence-corrected chi connectivity index (χ2v) is 40.9. The van der Waals surface area contributed by atoms with E-state index in [0.717, 1.165) is 268 Å². The molecular formula is C137H156N2O6. The number of rotatable bonds is 55. The molecule has 1 aliphatic rings. The Labute approximate surface area is 868 Å². The molecule has 0 amide bonds. The van der Waals surface area contributed by atoms with Crippen LogP contribution in [-0.4, -0.2) is 49.6 Å². The molecule has 0 fully saturated rings. The molecule has 2 heterocycles. The van der Waals surface area contributed by atoms with Crippen molar-refractivity contribution in [3.8, 4) is 168 Å². The van der Waals surface area contributed by atoms with Crippen LogP contribution < -0.4 is 28.4 Å². The molecule has 145 heavy (non-hydrogen) atoms. The van der Waals surface area contributed by atoms with Crippen LogP contribution in [0.4, 0.5) is 0 Å². The monoisotopic (exact) mass is 1930 g/mol. The third kappa shape index (κ3) is 26.4. The summed E-state index contributed by atoms with van der Waals surface area (Å²) in [5.41, 5.74) is 28.8. The van der Waals surface area contributed by atoms with Crippen molar-refractivity contribution >= 4 is 0 Å². The summed E-state index contributed by atoms with van der Waals surface area (Å²) >= 11 is 0. The lowest BCUT2D eigenvalue weighted by Gasteiger charge is -2.38. The second-order valence-electron chi connectivity index (χ2n) is 40.9. The van der Waals surface area contributed by atoms with Crippen molar-refractivity contribution in [1.29, 1.82) is 0 Å². The van der Waals surface area contributed by atoms with Crippen LogP contribution in [0.15, 0.2) is 328 Å². The molecule has 750 valence electrons. The van der Waals surface area contributed by atoms with Gasteiger partial charge in [-0.15, -0.1) is 0 Å². The Morgan fingerprint density at radius 1 is 0.186 bits per heavy atom. The van der Waals surface area contributed by atoms with Crippen LogP contribution in [0.3, 0.4) is 0 Å². The van der Waals surface area contributed by atoms with Gasteiger partial charge in [0.05, 0.1) is 56.4 Å². The van der Waals surface area contributed by atoms with Gasteiger partial charge in [-0.1, -0.05) is 344 Å². The number of pyridine rings is 2. The van der Waals surface area contributed by atoms with Crippen LogP contribution >= 0.6 is 0 Å². The summed E-state index contributed by atoms with van der Waals surface area (Å²) in [5, 5.41) is 0. The molecule has 0 bridgehead atoms. The van der Waals surface area contributed by atoms with Crippen LogP contribution in [0.25, 0.3) is 134 Å². The minimum atomic E-state index is -1.17. The van der Waals surface area contributed by atoms with Crippen LogP contribution in [0.2, 0.25) is 0 Å². The highest BCUT2D eigenvalue weighted by Crippen LogP contribution is 2.61. The molecule has 8 heteroatoms. The van der Waals surface area contributed by atoms with Crippen molar-refractivity contribution < 1.29 is 28.4 Å². The summed E-state index contributed by atoms with van der Waals surface area (Å²) in [7, 11) is 0. The molecule has 6 atom stereocenters. The molecule has 2 aromatic heterocycles. The van der Waals surface area contributed by atoms with Crippen molar-refractivity contribution in [2.75, 3.05) is 39.6 Å². The first-order valence-corrected chi connectivity index (χ1v) is 55.5. The van der Waals surface area contributed by atoms with Gasteiger partial charge in [-0.05, 0) is 377 Å².